The van der Waals surface area contributed by atoms with Crippen LogP contribution in [0.25, 0.3) is 0 Å². The third-order valence-corrected chi connectivity index (χ3v) is 1.85. The highest BCUT2D eigenvalue weighted by molar-refractivity contribution is 7.19. The van der Waals surface area contributed by atoms with E-state index < -0.39 is 0 Å². The molecule has 0 spiro atoms. The number of hydrogen-bond acceptors (Lipinski definition) is 5. The summed E-state index contributed by atoms with van der Waals surface area (Å²) in [7, 11) is 0. The van der Waals surface area contributed by atoms with Gasteiger partial charge in [0, 0.05) is 13.0 Å². The van der Waals surface area contributed by atoms with Gasteiger partial charge in [0.2, 0.25) is 0 Å². The molecule has 1 aromatic rings. The smallest absolute Gasteiger partial charge is 0.182 e. The van der Waals surface area contributed by atoms with E-state index in [0.717, 1.165) is 0 Å². The summed E-state index contributed by atoms with van der Waals surface area (Å²) >= 11 is 1.24. The number of nitrogens with zero attached hydrogens (tertiary/aromatic N) is 1. The van der Waals surface area contributed by atoms with E-state index in [1.807, 2.05) is 0 Å². The molecule has 0 atom stereocenters. The highest BCUT2D eigenvalue weighted by Crippen LogP contribution is 2.22. The van der Waals surface area contributed by atoms with E-state index >= 15 is 0 Å². The fourth-order valence-corrected chi connectivity index (χ4v) is 1.31. The second-order valence-electron chi connectivity index (χ2n) is 1.84. The molecule has 0 bridgehead atoms. The number of aliphatic hydroxyl groups is 1. The lowest BCUT2D eigenvalue weighted by Gasteiger charge is -1.90. The maximum atomic E-state index is 8.52. The predicted molar refractivity (Wildman–Crippen MR) is 41.7 cm³/mol. The van der Waals surface area contributed by atoms with Crippen LogP contribution in [0.3, 0.4) is 0 Å². The van der Waals surface area contributed by atoms with Crippen LogP contribution >= 0.6 is 11.3 Å². The van der Waals surface area contributed by atoms with Crippen molar-refractivity contribution in [3.05, 3.63) is 5.69 Å². The lowest BCUT2D eigenvalue weighted by molar-refractivity contribution is 0.298. The average molecular weight is 159 g/mol. The van der Waals surface area contributed by atoms with E-state index in [-0.39, 0.29) is 6.61 Å². The summed E-state index contributed by atoms with van der Waals surface area (Å²) in [5, 5.41) is 9.58. The van der Waals surface area contributed by atoms with Crippen molar-refractivity contribution in [3.8, 4) is 0 Å². The van der Waals surface area contributed by atoms with Gasteiger partial charge in [-0.2, -0.15) is 0 Å². The van der Waals surface area contributed by atoms with Gasteiger partial charge in [0.15, 0.2) is 5.13 Å². The lowest BCUT2D eigenvalue weighted by atomic mass is 10.3. The maximum absolute atomic E-state index is 8.52. The minimum absolute atomic E-state index is 0.0629. The van der Waals surface area contributed by atoms with Crippen molar-refractivity contribution in [2.75, 3.05) is 18.1 Å². The SMILES string of the molecule is Nc1nc(CCO)c(N)s1. The maximum Gasteiger partial charge on any atom is 0.182 e. The van der Waals surface area contributed by atoms with Crippen molar-refractivity contribution in [2.24, 2.45) is 0 Å². The van der Waals surface area contributed by atoms with Crippen LogP contribution in [0.1, 0.15) is 5.69 Å². The van der Waals surface area contributed by atoms with Crippen LogP contribution in [0.2, 0.25) is 0 Å². The summed E-state index contributed by atoms with van der Waals surface area (Å²) in [6.45, 7) is 0.0629. The van der Waals surface area contributed by atoms with Crippen LogP contribution in [0.5, 0.6) is 0 Å². The van der Waals surface area contributed by atoms with Gasteiger partial charge < -0.3 is 16.6 Å². The Bertz CT molecular complexity index is 223. The Hall–Kier alpha value is -0.810. The molecule has 0 fully saturated rings. The molecule has 1 aromatic heterocycles. The van der Waals surface area contributed by atoms with Crippen molar-refractivity contribution in [2.45, 2.75) is 6.42 Å². The number of hydrogen-bond donors (Lipinski definition) is 3. The van der Waals surface area contributed by atoms with Gasteiger partial charge in [-0.05, 0) is 0 Å². The minimum atomic E-state index is 0.0629. The van der Waals surface area contributed by atoms with Crippen LogP contribution in [-0.2, 0) is 6.42 Å². The fourth-order valence-electron chi connectivity index (χ4n) is 0.668. The second kappa shape index (κ2) is 2.85. The first-order valence-corrected chi connectivity index (χ1v) is 3.67. The number of aromatic nitrogens is 1. The van der Waals surface area contributed by atoms with Crippen molar-refractivity contribution in [3.63, 3.8) is 0 Å². The quantitative estimate of drug-likeness (QED) is 0.560. The molecule has 1 rings (SSSR count). The monoisotopic (exact) mass is 159 g/mol. The molecule has 0 aliphatic heterocycles. The van der Waals surface area contributed by atoms with Crippen LogP contribution in [-0.4, -0.2) is 16.7 Å². The van der Waals surface area contributed by atoms with Crippen LogP contribution in [0, 0.1) is 0 Å². The Morgan fingerprint density at radius 3 is 2.60 bits per heavy atom. The first kappa shape index (κ1) is 7.30. The Kier molecular flexibility index (Phi) is 2.08. The molecule has 0 radical (unpaired) electrons. The van der Waals surface area contributed by atoms with E-state index in [4.69, 9.17) is 16.6 Å². The highest BCUT2D eigenvalue weighted by Gasteiger charge is 2.03. The standard InChI is InChI=1S/C5H9N3OS/c6-4-3(1-2-9)8-5(7)10-4/h9H,1-2,6H2,(H2,7,8). The predicted octanol–water partition coefficient (Wildman–Crippen LogP) is -0.158. The van der Waals surface area contributed by atoms with Crippen molar-refractivity contribution < 1.29 is 5.11 Å². The van der Waals surface area contributed by atoms with Crippen molar-refractivity contribution in [1.82, 2.24) is 4.98 Å². The molecule has 1 heterocycles. The molecule has 0 aliphatic rings. The van der Waals surface area contributed by atoms with Crippen LogP contribution in [0.15, 0.2) is 0 Å². The molecule has 0 aliphatic carbocycles. The summed E-state index contributed by atoms with van der Waals surface area (Å²) < 4.78 is 0. The molecule has 0 aromatic carbocycles. The van der Waals surface area contributed by atoms with E-state index in [9.17, 15) is 0 Å². The average Bonchev–Trinajstić information content (AvgIpc) is 2.13. The second-order valence-corrected chi connectivity index (χ2v) is 2.90. The van der Waals surface area contributed by atoms with Gasteiger partial charge in [0.25, 0.3) is 0 Å². The zero-order valence-electron chi connectivity index (χ0n) is 5.37. The molecule has 4 nitrogen and oxygen atoms in total. The fraction of sp³-hybridized carbons (Fsp3) is 0.400. The Labute approximate surface area is 62.5 Å². The number of anilines is 2. The Morgan fingerprint density at radius 2 is 2.20 bits per heavy atom. The molecule has 0 unspecified atom stereocenters. The van der Waals surface area contributed by atoms with Gasteiger partial charge in [0.05, 0.1) is 5.69 Å². The van der Waals surface area contributed by atoms with Gasteiger partial charge >= 0.3 is 0 Å². The van der Waals surface area contributed by atoms with Crippen molar-refractivity contribution >= 4 is 21.5 Å². The summed E-state index contributed by atoms with van der Waals surface area (Å²) in [6, 6.07) is 0. The number of rotatable bonds is 2. The molecule has 10 heavy (non-hydrogen) atoms. The minimum Gasteiger partial charge on any atom is -0.396 e. The molecular formula is C5H9N3OS. The number of aliphatic hydroxyl groups excluding tert-OH is 1. The Morgan fingerprint density at radius 1 is 1.50 bits per heavy atom. The van der Waals surface area contributed by atoms with Gasteiger partial charge in [-0.15, -0.1) is 0 Å². The zero-order valence-corrected chi connectivity index (χ0v) is 6.19. The molecule has 0 saturated carbocycles. The largest absolute Gasteiger partial charge is 0.396 e. The van der Waals surface area contributed by atoms with E-state index in [1.54, 1.807) is 0 Å². The van der Waals surface area contributed by atoms with Gasteiger partial charge in [-0.3, -0.25) is 0 Å². The third kappa shape index (κ3) is 1.37. The van der Waals surface area contributed by atoms with Gasteiger partial charge in [-0.25, -0.2) is 4.98 Å². The molecular weight excluding hydrogens is 150 g/mol. The van der Waals surface area contributed by atoms with Gasteiger partial charge in [0.1, 0.15) is 5.00 Å². The topological polar surface area (TPSA) is 85.2 Å². The van der Waals surface area contributed by atoms with Crippen LogP contribution < -0.4 is 11.5 Å². The molecule has 0 amide bonds. The first-order chi connectivity index (χ1) is 4.74. The summed E-state index contributed by atoms with van der Waals surface area (Å²) in [5.74, 6) is 0. The molecule has 5 heteroatoms. The van der Waals surface area contributed by atoms with Crippen molar-refractivity contribution in [1.29, 1.82) is 0 Å². The highest BCUT2D eigenvalue weighted by atomic mass is 32.1. The normalized spacial score (nSPS) is 10.1. The molecule has 0 saturated heterocycles. The number of thiazole rings is 1. The summed E-state index contributed by atoms with van der Waals surface area (Å²) in [6.07, 6.45) is 0.486. The Balaban J connectivity index is 2.81. The van der Waals surface area contributed by atoms with E-state index in [2.05, 4.69) is 4.98 Å². The lowest BCUT2D eigenvalue weighted by Crippen LogP contribution is -1.95. The molecule has 56 valence electrons. The third-order valence-electron chi connectivity index (χ3n) is 1.09. The summed E-state index contributed by atoms with van der Waals surface area (Å²) in [5.41, 5.74) is 11.5. The number of nitrogen functional groups attached to an aromatic ring is 2. The summed E-state index contributed by atoms with van der Waals surface area (Å²) in [4.78, 5) is 3.91. The van der Waals surface area contributed by atoms with E-state index in [1.165, 1.54) is 11.3 Å². The molecule has 5 N–H and O–H groups in total. The van der Waals surface area contributed by atoms with Gasteiger partial charge in [-0.1, -0.05) is 11.3 Å². The van der Waals surface area contributed by atoms with E-state index in [0.29, 0.717) is 22.2 Å². The first-order valence-electron chi connectivity index (χ1n) is 2.85. The van der Waals surface area contributed by atoms with Crippen LogP contribution in [0.4, 0.5) is 10.1 Å². The zero-order chi connectivity index (χ0) is 7.56. The number of nitrogens with two attached hydrogens (primary N) is 2.